The SMILES string of the molecule is CCCCNC(=O)[C@H](C)N(Cc1ccc(OC)cc1)C(=O)CSc1ccc(C)cc1. The Hall–Kier alpha value is -2.47. The predicted octanol–water partition coefficient (Wildman–Crippen LogP) is 4.43. The average molecular weight is 429 g/mol. The van der Waals surface area contributed by atoms with Crippen LogP contribution in [0, 0.1) is 6.92 Å². The smallest absolute Gasteiger partial charge is 0.242 e. The van der Waals surface area contributed by atoms with Gasteiger partial charge < -0.3 is 15.0 Å². The first kappa shape index (κ1) is 23.8. The van der Waals surface area contributed by atoms with Crippen LogP contribution in [0.4, 0.5) is 0 Å². The Labute approximate surface area is 184 Å². The molecule has 0 aliphatic heterocycles. The van der Waals surface area contributed by atoms with E-state index in [1.54, 1.807) is 18.9 Å². The number of ether oxygens (including phenoxy) is 1. The van der Waals surface area contributed by atoms with Crippen LogP contribution >= 0.6 is 11.8 Å². The summed E-state index contributed by atoms with van der Waals surface area (Å²) in [6.45, 7) is 6.91. The van der Waals surface area contributed by atoms with E-state index in [0.29, 0.717) is 13.1 Å². The summed E-state index contributed by atoms with van der Waals surface area (Å²) in [6, 6.07) is 15.1. The molecule has 0 aliphatic rings. The molecule has 1 atom stereocenters. The van der Waals surface area contributed by atoms with Gasteiger partial charge in [0.15, 0.2) is 0 Å². The molecule has 0 aromatic heterocycles. The first-order valence-corrected chi connectivity index (χ1v) is 11.3. The minimum Gasteiger partial charge on any atom is -0.497 e. The van der Waals surface area contributed by atoms with Crippen molar-refractivity contribution in [2.45, 2.75) is 51.1 Å². The second kappa shape index (κ2) is 12.3. The number of methoxy groups -OCH3 is 1. The average Bonchev–Trinajstić information content (AvgIpc) is 2.77. The van der Waals surface area contributed by atoms with Gasteiger partial charge in [0.25, 0.3) is 0 Å². The van der Waals surface area contributed by atoms with Crippen LogP contribution in [0.25, 0.3) is 0 Å². The van der Waals surface area contributed by atoms with Crippen molar-refractivity contribution in [3.63, 3.8) is 0 Å². The molecule has 2 rings (SSSR count). The highest BCUT2D eigenvalue weighted by atomic mass is 32.2. The van der Waals surface area contributed by atoms with Crippen molar-refractivity contribution in [1.82, 2.24) is 10.2 Å². The molecular formula is C24H32N2O3S. The van der Waals surface area contributed by atoms with Crippen molar-refractivity contribution < 1.29 is 14.3 Å². The van der Waals surface area contributed by atoms with Crippen LogP contribution in [0.2, 0.25) is 0 Å². The molecule has 0 aliphatic carbocycles. The Morgan fingerprint density at radius 1 is 1.10 bits per heavy atom. The molecule has 30 heavy (non-hydrogen) atoms. The van der Waals surface area contributed by atoms with E-state index in [1.165, 1.54) is 17.3 Å². The third-order valence-corrected chi connectivity index (χ3v) is 5.89. The minimum absolute atomic E-state index is 0.0606. The quantitative estimate of drug-likeness (QED) is 0.425. The van der Waals surface area contributed by atoms with E-state index in [2.05, 4.69) is 12.2 Å². The van der Waals surface area contributed by atoms with E-state index >= 15 is 0 Å². The lowest BCUT2D eigenvalue weighted by Crippen LogP contribution is -2.48. The maximum atomic E-state index is 13.1. The van der Waals surface area contributed by atoms with Crippen molar-refractivity contribution in [1.29, 1.82) is 0 Å². The van der Waals surface area contributed by atoms with E-state index in [0.717, 1.165) is 29.1 Å². The highest BCUT2D eigenvalue weighted by Crippen LogP contribution is 2.21. The number of unbranched alkanes of at least 4 members (excludes halogenated alkanes) is 1. The fourth-order valence-electron chi connectivity index (χ4n) is 2.91. The topological polar surface area (TPSA) is 58.6 Å². The zero-order valence-corrected chi connectivity index (χ0v) is 19.1. The maximum Gasteiger partial charge on any atom is 0.242 e. The van der Waals surface area contributed by atoms with E-state index in [4.69, 9.17) is 4.74 Å². The van der Waals surface area contributed by atoms with Gasteiger partial charge >= 0.3 is 0 Å². The summed E-state index contributed by atoms with van der Waals surface area (Å²) < 4.78 is 5.21. The second-order valence-corrected chi connectivity index (χ2v) is 8.34. The fraction of sp³-hybridized carbons (Fsp3) is 0.417. The van der Waals surface area contributed by atoms with Gasteiger partial charge in [-0.15, -0.1) is 11.8 Å². The van der Waals surface area contributed by atoms with Crippen LogP contribution in [0.3, 0.4) is 0 Å². The van der Waals surface area contributed by atoms with Crippen LogP contribution in [0.1, 0.15) is 37.8 Å². The van der Waals surface area contributed by atoms with Gasteiger partial charge in [-0.05, 0) is 50.1 Å². The first-order valence-electron chi connectivity index (χ1n) is 10.3. The second-order valence-electron chi connectivity index (χ2n) is 7.29. The lowest BCUT2D eigenvalue weighted by atomic mass is 10.1. The van der Waals surface area contributed by atoms with Crippen LogP contribution in [0.5, 0.6) is 5.75 Å². The van der Waals surface area contributed by atoms with Crippen LogP contribution in [0.15, 0.2) is 53.4 Å². The number of amides is 2. The molecule has 162 valence electrons. The number of carbonyl (C=O) groups is 2. The molecule has 2 aromatic rings. The van der Waals surface area contributed by atoms with Crippen LogP contribution < -0.4 is 10.1 Å². The number of nitrogens with zero attached hydrogens (tertiary/aromatic N) is 1. The number of rotatable bonds is 11. The van der Waals surface area contributed by atoms with Gasteiger partial charge in [-0.25, -0.2) is 0 Å². The molecule has 0 spiro atoms. The molecule has 0 saturated carbocycles. The normalized spacial score (nSPS) is 11.6. The molecule has 0 unspecified atom stereocenters. The minimum atomic E-state index is -0.546. The monoisotopic (exact) mass is 428 g/mol. The summed E-state index contributed by atoms with van der Waals surface area (Å²) in [5.74, 6) is 0.864. The van der Waals surface area contributed by atoms with Gasteiger partial charge in [0, 0.05) is 18.0 Å². The molecular weight excluding hydrogens is 396 g/mol. The predicted molar refractivity (Wildman–Crippen MR) is 123 cm³/mol. The number of aryl methyl sites for hydroxylation is 1. The molecule has 0 bridgehead atoms. The number of thioether (sulfide) groups is 1. The Morgan fingerprint density at radius 3 is 2.37 bits per heavy atom. The molecule has 0 fully saturated rings. The molecule has 2 amide bonds. The standard InChI is InChI=1S/C24H32N2O3S/c1-5-6-15-25-24(28)19(3)26(16-20-9-11-21(29-4)12-10-20)23(27)17-30-22-13-7-18(2)8-14-22/h7-14,19H,5-6,15-17H2,1-4H3,(H,25,28)/t19-/m0/s1. The molecule has 0 radical (unpaired) electrons. The Morgan fingerprint density at radius 2 is 1.77 bits per heavy atom. The Bertz CT molecular complexity index is 806. The summed E-state index contributed by atoms with van der Waals surface area (Å²) in [4.78, 5) is 28.4. The van der Waals surface area contributed by atoms with Gasteiger partial charge in [0.05, 0.1) is 12.9 Å². The van der Waals surface area contributed by atoms with Gasteiger partial charge in [-0.2, -0.15) is 0 Å². The number of hydrogen-bond donors (Lipinski definition) is 1. The molecule has 0 saturated heterocycles. The lowest BCUT2D eigenvalue weighted by molar-refractivity contribution is -0.138. The number of carbonyl (C=O) groups excluding carboxylic acids is 2. The molecule has 0 heterocycles. The Balaban J connectivity index is 2.10. The van der Waals surface area contributed by atoms with Crippen molar-refractivity contribution in [3.8, 4) is 5.75 Å². The fourth-order valence-corrected chi connectivity index (χ4v) is 3.69. The van der Waals surface area contributed by atoms with Crippen molar-refractivity contribution >= 4 is 23.6 Å². The maximum absolute atomic E-state index is 13.1. The molecule has 2 aromatic carbocycles. The zero-order valence-electron chi connectivity index (χ0n) is 18.3. The summed E-state index contributed by atoms with van der Waals surface area (Å²) in [6.07, 6.45) is 1.94. The summed E-state index contributed by atoms with van der Waals surface area (Å²) in [5, 5.41) is 2.94. The third kappa shape index (κ3) is 7.41. The zero-order chi connectivity index (χ0) is 21.9. The van der Waals surface area contributed by atoms with Gasteiger partial charge in [0.2, 0.25) is 11.8 Å². The van der Waals surface area contributed by atoms with Crippen molar-refractivity contribution in [3.05, 3.63) is 59.7 Å². The molecule has 5 nitrogen and oxygen atoms in total. The van der Waals surface area contributed by atoms with Crippen LogP contribution in [-0.4, -0.2) is 42.2 Å². The largest absolute Gasteiger partial charge is 0.497 e. The first-order chi connectivity index (χ1) is 14.4. The summed E-state index contributed by atoms with van der Waals surface area (Å²) in [5.41, 5.74) is 2.14. The third-order valence-electron chi connectivity index (χ3n) is 4.89. The Kier molecular flexibility index (Phi) is 9.74. The number of hydrogen-bond acceptors (Lipinski definition) is 4. The van der Waals surface area contributed by atoms with E-state index in [-0.39, 0.29) is 17.6 Å². The van der Waals surface area contributed by atoms with Crippen LogP contribution in [-0.2, 0) is 16.1 Å². The van der Waals surface area contributed by atoms with E-state index in [9.17, 15) is 9.59 Å². The van der Waals surface area contributed by atoms with Gasteiger partial charge in [-0.3, -0.25) is 9.59 Å². The van der Waals surface area contributed by atoms with Gasteiger partial charge in [0.1, 0.15) is 11.8 Å². The van der Waals surface area contributed by atoms with Gasteiger partial charge in [-0.1, -0.05) is 43.2 Å². The summed E-state index contributed by atoms with van der Waals surface area (Å²) in [7, 11) is 1.62. The van der Waals surface area contributed by atoms with E-state index in [1.807, 2.05) is 55.5 Å². The lowest BCUT2D eigenvalue weighted by Gasteiger charge is -2.29. The molecule has 1 N–H and O–H groups in total. The van der Waals surface area contributed by atoms with Crippen molar-refractivity contribution in [2.24, 2.45) is 0 Å². The number of nitrogens with one attached hydrogen (secondary N) is 1. The summed E-state index contributed by atoms with van der Waals surface area (Å²) >= 11 is 1.49. The van der Waals surface area contributed by atoms with E-state index < -0.39 is 6.04 Å². The van der Waals surface area contributed by atoms with Crippen molar-refractivity contribution in [2.75, 3.05) is 19.4 Å². The highest BCUT2D eigenvalue weighted by molar-refractivity contribution is 8.00. The highest BCUT2D eigenvalue weighted by Gasteiger charge is 2.26. The number of benzene rings is 2. The molecule has 6 heteroatoms.